The lowest BCUT2D eigenvalue weighted by atomic mass is 10.1. The van der Waals surface area contributed by atoms with Crippen LogP contribution in [0, 0.1) is 23.0 Å². The van der Waals surface area contributed by atoms with Crippen LogP contribution in [0.3, 0.4) is 0 Å². The normalized spacial score (nSPS) is 12.1. The number of anilines is 2. The Balaban J connectivity index is 1.73. The van der Waals surface area contributed by atoms with Gasteiger partial charge in [-0.15, -0.1) is 0 Å². The molecule has 2 aromatic carbocycles. The molecule has 0 saturated carbocycles. The number of nitrogens with one attached hydrogen (secondary N) is 2. The van der Waals surface area contributed by atoms with Crippen LogP contribution in [0.25, 0.3) is 0 Å². The van der Waals surface area contributed by atoms with Crippen LogP contribution in [0.4, 0.5) is 20.3 Å². The molecule has 6 nitrogen and oxygen atoms in total. The molecule has 148 valence electrons. The molecule has 29 heavy (non-hydrogen) atoms. The van der Waals surface area contributed by atoms with Gasteiger partial charge in [-0.25, -0.2) is 22.2 Å². The van der Waals surface area contributed by atoms with Gasteiger partial charge in [-0.3, -0.25) is 4.72 Å². The number of nitriles is 1. The Bertz CT molecular complexity index is 1180. The standard InChI is InChI=1S/C20H16F2N4O2S/c1-13(15-4-2-3-14(9-15)11-23)25-20-8-6-17(12-24-20)29(27,28)26-16-5-7-18(21)19(22)10-16/h2-10,12-13,26H,1H3,(H,24,25). The number of aromatic nitrogens is 1. The van der Waals surface area contributed by atoms with E-state index >= 15 is 0 Å². The zero-order valence-corrected chi connectivity index (χ0v) is 16.0. The summed E-state index contributed by atoms with van der Waals surface area (Å²) < 4.78 is 53.2. The largest absolute Gasteiger partial charge is 0.364 e. The van der Waals surface area contributed by atoms with Gasteiger partial charge in [0.1, 0.15) is 10.7 Å². The zero-order valence-electron chi connectivity index (χ0n) is 15.2. The van der Waals surface area contributed by atoms with Gasteiger partial charge in [0.05, 0.1) is 17.3 Å². The van der Waals surface area contributed by atoms with Crippen LogP contribution < -0.4 is 10.0 Å². The lowest BCUT2D eigenvalue weighted by molar-refractivity contribution is 0.509. The van der Waals surface area contributed by atoms with Crippen molar-refractivity contribution >= 4 is 21.5 Å². The van der Waals surface area contributed by atoms with Crippen LogP contribution in [0.5, 0.6) is 0 Å². The molecular weight excluding hydrogens is 398 g/mol. The van der Waals surface area contributed by atoms with E-state index < -0.39 is 21.7 Å². The Morgan fingerprint density at radius 2 is 1.86 bits per heavy atom. The van der Waals surface area contributed by atoms with Crippen molar-refractivity contribution in [3.05, 3.63) is 83.6 Å². The highest BCUT2D eigenvalue weighted by Gasteiger charge is 2.16. The number of nitrogens with zero attached hydrogens (tertiary/aromatic N) is 2. The van der Waals surface area contributed by atoms with Crippen molar-refractivity contribution in [3.8, 4) is 6.07 Å². The van der Waals surface area contributed by atoms with Crippen LogP contribution in [0.1, 0.15) is 24.1 Å². The molecule has 0 aliphatic heterocycles. The van der Waals surface area contributed by atoms with Gasteiger partial charge >= 0.3 is 0 Å². The van der Waals surface area contributed by atoms with Crippen molar-refractivity contribution in [2.45, 2.75) is 17.9 Å². The van der Waals surface area contributed by atoms with Crippen molar-refractivity contribution in [2.24, 2.45) is 0 Å². The van der Waals surface area contributed by atoms with Crippen LogP contribution in [-0.4, -0.2) is 13.4 Å². The number of rotatable bonds is 6. The van der Waals surface area contributed by atoms with Crippen LogP contribution in [-0.2, 0) is 10.0 Å². The molecule has 0 saturated heterocycles. The molecular formula is C20H16F2N4O2S. The highest BCUT2D eigenvalue weighted by Crippen LogP contribution is 2.21. The molecule has 1 aromatic heterocycles. The number of hydrogen-bond acceptors (Lipinski definition) is 5. The number of pyridine rings is 1. The molecule has 0 aliphatic rings. The topological polar surface area (TPSA) is 94.9 Å². The first kappa shape index (κ1) is 20.2. The maximum atomic E-state index is 13.3. The average molecular weight is 414 g/mol. The first-order chi connectivity index (χ1) is 13.8. The van der Waals surface area contributed by atoms with E-state index in [-0.39, 0.29) is 16.6 Å². The van der Waals surface area contributed by atoms with Gasteiger partial charge < -0.3 is 5.32 Å². The first-order valence-corrected chi connectivity index (χ1v) is 9.97. The van der Waals surface area contributed by atoms with Gasteiger partial charge in [-0.2, -0.15) is 5.26 Å². The Kier molecular flexibility index (Phi) is 5.75. The van der Waals surface area contributed by atoms with E-state index in [0.29, 0.717) is 11.4 Å². The van der Waals surface area contributed by atoms with E-state index in [2.05, 4.69) is 21.1 Å². The minimum atomic E-state index is -4.01. The first-order valence-electron chi connectivity index (χ1n) is 8.49. The van der Waals surface area contributed by atoms with E-state index in [1.165, 1.54) is 12.1 Å². The molecule has 0 spiro atoms. The lowest BCUT2D eigenvalue weighted by Gasteiger charge is -2.15. The average Bonchev–Trinajstić information content (AvgIpc) is 2.71. The predicted molar refractivity (Wildman–Crippen MR) is 105 cm³/mol. The Hall–Kier alpha value is -3.51. The molecule has 3 rings (SSSR count). The molecule has 1 atom stereocenters. The van der Waals surface area contributed by atoms with Crippen molar-refractivity contribution in [2.75, 3.05) is 10.0 Å². The van der Waals surface area contributed by atoms with Gasteiger partial charge in [0.25, 0.3) is 10.0 Å². The summed E-state index contributed by atoms with van der Waals surface area (Å²) in [5, 5.41) is 12.1. The van der Waals surface area contributed by atoms with Crippen molar-refractivity contribution in [1.82, 2.24) is 4.98 Å². The monoisotopic (exact) mass is 414 g/mol. The van der Waals surface area contributed by atoms with Gasteiger partial charge in [0.15, 0.2) is 11.6 Å². The molecule has 0 aliphatic carbocycles. The SMILES string of the molecule is CC(Nc1ccc(S(=O)(=O)Nc2ccc(F)c(F)c2)cn1)c1cccc(C#N)c1. The number of hydrogen-bond donors (Lipinski definition) is 2. The molecule has 0 radical (unpaired) electrons. The number of halogens is 2. The fraction of sp³-hybridized carbons (Fsp3) is 0.100. The molecule has 0 bridgehead atoms. The van der Waals surface area contributed by atoms with Crippen LogP contribution in [0.15, 0.2) is 65.7 Å². The molecule has 3 aromatic rings. The second-order valence-electron chi connectivity index (χ2n) is 6.22. The predicted octanol–water partition coefficient (Wildman–Crippen LogP) is 4.21. The van der Waals surface area contributed by atoms with Gasteiger partial charge in [-0.05, 0) is 48.9 Å². The lowest BCUT2D eigenvalue weighted by Crippen LogP contribution is -2.14. The summed E-state index contributed by atoms with van der Waals surface area (Å²) >= 11 is 0. The van der Waals surface area contributed by atoms with E-state index in [9.17, 15) is 17.2 Å². The van der Waals surface area contributed by atoms with Crippen LogP contribution >= 0.6 is 0 Å². The Labute approximate surface area is 166 Å². The fourth-order valence-corrected chi connectivity index (χ4v) is 3.57. The molecule has 1 unspecified atom stereocenters. The Morgan fingerprint density at radius 3 is 2.52 bits per heavy atom. The summed E-state index contributed by atoms with van der Waals surface area (Å²) in [7, 11) is -4.01. The fourth-order valence-electron chi connectivity index (χ4n) is 2.58. The van der Waals surface area contributed by atoms with Crippen LogP contribution in [0.2, 0.25) is 0 Å². The van der Waals surface area contributed by atoms with E-state index in [1.54, 1.807) is 18.2 Å². The highest BCUT2D eigenvalue weighted by atomic mass is 32.2. The summed E-state index contributed by atoms with van der Waals surface area (Å²) in [6, 6.07) is 14.5. The van der Waals surface area contributed by atoms with Gasteiger partial charge in [-0.1, -0.05) is 12.1 Å². The number of sulfonamides is 1. The quantitative estimate of drug-likeness (QED) is 0.630. The minimum Gasteiger partial charge on any atom is -0.364 e. The highest BCUT2D eigenvalue weighted by molar-refractivity contribution is 7.92. The Morgan fingerprint density at radius 1 is 1.07 bits per heavy atom. The molecule has 1 heterocycles. The summed E-state index contributed by atoms with van der Waals surface area (Å²) in [5.74, 6) is -1.79. The zero-order chi connectivity index (χ0) is 21.0. The van der Waals surface area contributed by atoms with Crippen molar-refractivity contribution < 1.29 is 17.2 Å². The third kappa shape index (κ3) is 4.86. The molecule has 2 N–H and O–H groups in total. The molecule has 0 fully saturated rings. The summed E-state index contributed by atoms with van der Waals surface area (Å²) in [6.07, 6.45) is 1.16. The maximum absolute atomic E-state index is 13.3. The third-order valence-electron chi connectivity index (χ3n) is 4.10. The molecule has 0 amide bonds. The van der Waals surface area contributed by atoms with E-state index in [1.807, 2.05) is 13.0 Å². The summed E-state index contributed by atoms with van der Waals surface area (Å²) in [4.78, 5) is 3.96. The second-order valence-corrected chi connectivity index (χ2v) is 7.90. The van der Waals surface area contributed by atoms with Gasteiger partial charge in [0, 0.05) is 18.3 Å². The molecule has 9 heteroatoms. The summed E-state index contributed by atoms with van der Waals surface area (Å²) in [6.45, 7) is 1.88. The summed E-state index contributed by atoms with van der Waals surface area (Å²) in [5.41, 5.74) is 1.31. The van der Waals surface area contributed by atoms with Crippen molar-refractivity contribution in [1.29, 1.82) is 5.26 Å². The maximum Gasteiger partial charge on any atom is 0.263 e. The van der Waals surface area contributed by atoms with E-state index in [0.717, 1.165) is 30.0 Å². The number of benzene rings is 2. The van der Waals surface area contributed by atoms with Gasteiger partial charge in [0.2, 0.25) is 0 Å². The van der Waals surface area contributed by atoms with E-state index in [4.69, 9.17) is 5.26 Å². The van der Waals surface area contributed by atoms with Crippen molar-refractivity contribution in [3.63, 3.8) is 0 Å². The minimum absolute atomic E-state index is 0.0999. The smallest absolute Gasteiger partial charge is 0.263 e. The second kappa shape index (κ2) is 8.24. The third-order valence-corrected chi connectivity index (χ3v) is 5.47.